The van der Waals surface area contributed by atoms with Crippen LogP contribution in [0, 0.1) is 5.41 Å². The monoisotopic (exact) mass is 270 g/mol. The molecule has 0 bridgehead atoms. The molecular formula is C16H18N2O2. The first kappa shape index (κ1) is 14.1. The molecule has 0 saturated heterocycles. The number of carbonyl (C=O) groups excluding carboxylic acids is 1. The van der Waals surface area contributed by atoms with Gasteiger partial charge in [0.25, 0.3) is 5.56 Å². The zero-order valence-corrected chi connectivity index (χ0v) is 11.9. The van der Waals surface area contributed by atoms with E-state index < -0.39 is 5.41 Å². The summed E-state index contributed by atoms with van der Waals surface area (Å²) in [4.78, 5) is 26.7. The fourth-order valence-electron chi connectivity index (χ4n) is 1.76. The first-order chi connectivity index (χ1) is 9.39. The van der Waals surface area contributed by atoms with Crippen molar-refractivity contribution in [1.29, 1.82) is 0 Å². The van der Waals surface area contributed by atoms with E-state index in [0.29, 0.717) is 11.3 Å². The van der Waals surface area contributed by atoms with Crippen molar-refractivity contribution in [3.63, 3.8) is 0 Å². The van der Waals surface area contributed by atoms with Crippen LogP contribution in [0.4, 0.5) is 5.69 Å². The van der Waals surface area contributed by atoms with Crippen molar-refractivity contribution in [2.45, 2.75) is 20.8 Å². The minimum atomic E-state index is -0.559. The van der Waals surface area contributed by atoms with Gasteiger partial charge in [0.15, 0.2) is 0 Å². The van der Waals surface area contributed by atoms with E-state index in [-0.39, 0.29) is 11.5 Å². The molecule has 2 rings (SSSR count). The molecule has 0 fully saturated rings. The summed E-state index contributed by atoms with van der Waals surface area (Å²) in [6.07, 6.45) is 1.58. The Balaban J connectivity index is 2.48. The number of carbonyl (C=O) groups is 1. The number of H-pyrrole nitrogens is 1. The van der Waals surface area contributed by atoms with Crippen LogP contribution >= 0.6 is 0 Å². The maximum Gasteiger partial charge on any atom is 0.272 e. The summed E-state index contributed by atoms with van der Waals surface area (Å²) in [7, 11) is 0. The minimum Gasteiger partial charge on any atom is -0.327 e. The van der Waals surface area contributed by atoms with E-state index in [9.17, 15) is 9.59 Å². The Morgan fingerprint density at radius 1 is 1.10 bits per heavy atom. The molecular weight excluding hydrogens is 252 g/mol. The van der Waals surface area contributed by atoms with Crippen molar-refractivity contribution in [1.82, 2.24) is 4.98 Å². The van der Waals surface area contributed by atoms with Gasteiger partial charge in [-0.2, -0.15) is 0 Å². The third-order valence-electron chi connectivity index (χ3n) is 2.97. The summed E-state index contributed by atoms with van der Waals surface area (Å²) in [5, 5.41) is 2.73. The van der Waals surface area contributed by atoms with E-state index >= 15 is 0 Å². The van der Waals surface area contributed by atoms with Gasteiger partial charge in [-0.15, -0.1) is 0 Å². The number of rotatable bonds is 2. The van der Waals surface area contributed by atoms with Crippen molar-refractivity contribution < 1.29 is 4.79 Å². The van der Waals surface area contributed by atoms with Crippen LogP contribution in [0.5, 0.6) is 0 Å². The van der Waals surface area contributed by atoms with Crippen LogP contribution in [0.15, 0.2) is 47.4 Å². The maximum atomic E-state index is 12.1. The average molecular weight is 270 g/mol. The van der Waals surface area contributed by atoms with Crippen LogP contribution in [-0.4, -0.2) is 10.9 Å². The number of nitrogens with one attached hydrogen (secondary N) is 2. The highest BCUT2D eigenvalue weighted by molar-refractivity contribution is 5.97. The molecule has 2 N–H and O–H groups in total. The third kappa shape index (κ3) is 2.96. The second kappa shape index (κ2) is 5.33. The Bertz CT molecular complexity index is 667. The smallest absolute Gasteiger partial charge is 0.272 e. The van der Waals surface area contributed by atoms with Gasteiger partial charge < -0.3 is 10.3 Å². The Labute approximate surface area is 117 Å². The van der Waals surface area contributed by atoms with E-state index in [1.165, 1.54) is 0 Å². The summed E-state index contributed by atoms with van der Waals surface area (Å²) >= 11 is 0. The Morgan fingerprint density at radius 2 is 1.75 bits per heavy atom. The van der Waals surface area contributed by atoms with E-state index in [1.807, 2.05) is 51.1 Å². The lowest BCUT2D eigenvalue weighted by molar-refractivity contribution is -0.123. The van der Waals surface area contributed by atoms with Gasteiger partial charge in [-0.1, -0.05) is 51.1 Å². The number of hydrogen-bond acceptors (Lipinski definition) is 2. The Hall–Kier alpha value is -2.36. The predicted molar refractivity (Wildman–Crippen MR) is 80.6 cm³/mol. The van der Waals surface area contributed by atoms with Gasteiger partial charge in [-0.05, 0) is 11.6 Å². The molecule has 0 aliphatic carbocycles. The molecule has 0 atom stereocenters. The lowest BCUT2D eigenvalue weighted by Crippen LogP contribution is -2.30. The molecule has 4 nitrogen and oxygen atoms in total. The standard InChI is InChI=1S/C16H18N2O2/c1-16(2,3)15(20)18-13-12(9-10-17-14(13)19)11-7-5-4-6-8-11/h4-10H,1-3H3,(H,17,19)(H,18,20). The SMILES string of the molecule is CC(C)(C)C(=O)Nc1c(-c2ccccc2)cc[nH]c1=O. The quantitative estimate of drug-likeness (QED) is 0.881. The summed E-state index contributed by atoms with van der Waals surface area (Å²) in [6.45, 7) is 5.42. The molecule has 20 heavy (non-hydrogen) atoms. The molecule has 0 aliphatic rings. The van der Waals surface area contributed by atoms with Crippen molar-refractivity contribution in [2.24, 2.45) is 5.41 Å². The second-order valence-electron chi connectivity index (χ2n) is 5.67. The fraction of sp³-hybridized carbons (Fsp3) is 0.250. The molecule has 104 valence electrons. The zero-order valence-electron chi connectivity index (χ0n) is 11.9. The van der Waals surface area contributed by atoms with Crippen molar-refractivity contribution in [3.05, 3.63) is 52.9 Å². The summed E-state index contributed by atoms with van der Waals surface area (Å²) in [6, 6.07) is 11.3. The van der Waals surface area contributed by atoms with Crippen molar-refractivity contribution in [2.75, 3.05) is 5.32 Å². The maximum absolute atomic E-state index is 12.1. The van der Waals surface area contributed by atoms with Gasteiger partial charge in [-0.25, -0.2) is 0 Å². The highest BCUT2D eigenvalue weighted by Gasteiger charge is 2.23. The molecule has 1 amide bonds. The van der Waals surface area contributed by atoms with Gasteiger partial charge in [-0.3, -0.25) is 9.59 Å². The van der Waals surface area contributed by atoms with Crippen LogP contribution in [0.3, 0.4) is 0 Å². The van der Waals surface area contributed by atoms with Gasteiger partial charge in [0, 0.05) is 17.2 Å². The number of benzene rings is 1. The highest BCUT2D eigenvalue weighted by atomic mass is 16.2. The molecule has 4 heteroatoms. The van der Waals surface area contributed by atoms with Crippen molar-refractivity contribution >= 4 is 11.6 Å². The lowest BCUT2D eigenvalue weighted by Gasteiger charge is -2.18. The topological polar surface area (TPSA) is 62.0 Å². The van der Waals surface area contributed by atoms with E-state index in [4.69, 9.17) is 0 Å². The predicted octanol–water partition coefficient (Wildman–Crippen LogP) is 3.03. The summed E-state index contributed by atoms with van der Waals surface area (Å²) in [5.41, 5.74) is 1.04. The number of amides is 1. The van der Waals surface area contributed by atoms with Gasteiger partial charge >= 0.3 is 0 Å². The molecule has 1 aromatic carbocycles. The number of anilines is 1. The molecule has 1 heterocycles. The minimum absolute atomic E-state index is 0.189. The normalized spacial score (nSPS) is 11.2. The molecule has 0 saturated carbocycles. The summed E-state index contributed by atoms with van der Waals surface area (Å²) < 4.78 is 0. The summed E-state index contributed by atoms with van der Waals surface area (Å²) in [5.74, 6) is -0.189. The van der Waals surface area contributed by atoms with Gasteiger partial charge in [0.2, 0.25) is 5.91 Å². The van der Waals surface area contributed by atoms with E-state index in [0.717, 1.165) is 5.56 Å². The van der Waals surface area contributed by atoms with E-state index in [1.54, 1.807) is 12.3 Å². The van der Waals surface area contributed by atoms with Crippen LogP contribution in [0.2, 0.25) is 0 Å². The van der Waals surface area contributed by atoms with Crippen LogP contribution in [0.25, 0.3) is 11.1 Å². The number of aromatic amines is 1. The highest BCUT2D eigenvalue weighted by Crippen LogP contribution is 2.25. The molecule has 2 aromatic rings. The average Bonchev–Trinajstić information content (AvgIpc) is 2.41. The first-order valence-corrected chi connectivity index (χ1v) is 6.48. The fourth-order valence-corrected chi connectivity index (χ4v) is 1.76. The number of hydrogen-bond donors (Lipinski definition) is 2. The molecule has 0 aliphatic heterocycles. The van der Waals surface area contributed by atoms with Gasteiger partial charge in [0.05, 0.1) is 0 Å². The zero-order chi connectivity index (χ0) is 14.8. The van der Waals surface area contributed by atoms with Crippen LogP contribution < -0.4 is 10.9 Å². The third-order valence-corrected chi connectivity index (χ3v) is 2.97. The molecule has 1 aromatic heterocycles. The molecule has 0 radical (unpaired) electrons. The lowest BCUT2D eigenvalue weighted by atomic mass is 9.95. The Morgan fingerprint density at radius 3 is 2.35 bits per heavy atom. The second-order valence-corrected chi connectivity index (χ2v) is 5.67. The Kier molecular flexibility index (Phi) is 3.74. The molecule has 0 spiro atoms. The first-order valence-electron chi connectivity index (χ1n) is 6.48. The van der Waals surface area contributed by atoms with Gasteiger partial charge in [0.1, 0.15) is 5.69 Å². The van der Waals surface area contributed by atoms with Crippen LogP contribution in [-0.2, 0) is 4.79 Å². The van der Waals surface area contributed by atoms with Crippen molar-refractivity contribution in [3.8, 4) is 11.1 Å². The number of aromatic nitrogens is 1. The molecule has 0 unspecified atom stereocenters. The van der Waals surface area contributed by atoms with E-state index in [2.05, 4.69) is 10.3 Å². The largest absolute Gasteiger partial charge is 0.327 e. The number of pyridine rings is 1. The van der Waals surface area contributed by atoms with Crippen LogP contribution in [0.1, 0.15) is 20.8 Å².